The van der Waals surface area contributed by atoms with Gasteiger partial charge in [0.25, 0.3) is 5.69 Å². The molecule has 0 bridgehead atoms. The molecule has 0 aromatic heterocycles. The second-order valence-electron chi connectivity index (χ2n) is 4.63. The highest BCUT2D eigenvalue weighted by Gasteiger charge is 2.02. The summed E-state index contributed by atoms with van der Waals surface area (Å²) in [5.74, 6) is -0.165. The number of hydrogen-bond donors (Lipinski definition) is 1. The van der Waals surface area contributed by atoms with Crippen molar-refractivity contribution >= 4 is 17.7 Å². The van der Waals surface area contributed by atoms with Gasteiger partial charge in [0.15, 0.2) is 0 Å². The average Bonchev–Trinajstić information content (AvgIpc) is 2.41. The minimum atomic E-state index is -0.453. The normalized spacial score (nSPS) is 10.9. The van der Waals surface area contributed by atoms with Gasteiger partial charge >= 0.3 is 0 Å². The van der Waals surface area contributed by atoms with Gasteiger partial charge in [0.1, 0.15) is 0 Å². The number of carbonyl (C=O) groups excluding carboxylic acids is 1. The van der Waals surface area contributed by atoms with E-state index in [2.05, 4.69) is 10.2 Å². The van der Waals surface area contributed by atoms with Crippen LogP contribution in [0.3, 0.4) is 0 Å². The van der Waals surface area contributed by atoms with Crippen LogP contribution in [0, 0.1) is 10.1 Å². The van der Waals surface area contributed by atoms with Crippen LogP contribution in [-0.4, -0.2) is 42.9 Å². The van der Waals surface area contributed by atoms with Crippen LogP contribution in [-0.2, 0) is 4.79 Å². The van der Waals surface area contributed by atoms with Gasteiger partial charge in [-0.15, -0.1) is 0 Å². The third-order valence-corrected chi connectivity index (χ3v) is 2.61. The molecule has 1 aromatic rings. The highest BCUT2D eigenvalue weighted by molar-refractivity contribution is 5.91. The Kier molecular flexibility index (Phi) is 6.39. The maximum atomic E-state index is 11.5. The lowest BCUT2D eigenvalue weighted by Crippen LogP contribution is -2.25. The van der Waals surface area contributed by atoms with Gasteiger partial charge in [-0.05, 0) is 50.8 Å². The summed E-state index contributed by atoms with van der Waals surface area (Å²) in [7, 11) is 3.96. The molecular weight excluding hydrogens is 258 g/mol. The Labute approximate surface area is 118 Å². The molecule has 0 unspecified atom stereocenters. The van der Waals surface area contributed by atoms with Gasteiger partial charge in [-0.3, -0.25) is 14.9 Å². The lowest BCUT2D eigenvalue weighted by molar-refractivity contribution is -0.384. The molecule has 108 valence electrons. The maximum absolute atomic E-state index is 11.5. The van der Waals surface area contributed by atoms with E-state index in [-0.39, 0.29) is 11.6 Å². The van der Waals surface area contributed by atoms with Gasteiger partial charge in [-0.25, -0.2) is 0 Å². The molecule has 0 atom stereocenters. The van der Waals surface area contributed by atoms with E-state index in [0.29, 0.717) is 6.54 Å². The van der Waals surface area contributed by atoms with Crippen LogP contribution in [0.1, 0.15) is 12.0 Å². The zero-order valence-corrected chi connectivity index (χ0v) is 11.7. The van der Waals surface area contributed by atoms with Crippen LogP contribution in [0.2, 0.25) is 0 Å². The van der Waals surface area contributed by atoms with Crippen molar-refractivity contribution in [3.05, 3.63) is 46.0 Å². The van der Waals surface area contributed by atoms with Crippen molar-refractivity contribution < 1.29 is 9.72 Å². The summed E-state index contributed by atoms with van der Waals surface area (Å²) in [6.07, 6.45) is 3.95. The lowest BCUT2D eigenvalue weighted by atomic mass is 10.2. The second-order valence-corrected chi connectivity index (χ2v) is 4.63. The highest BCUT2D eigenvalue weighted by Crippen LogP contribution is 2.12. The first-order valence-electron chi connectivity index (χ1n) is 6.34. The summed E-state index contributed by atoms with van der Waals surface area (Å²) in [6, 6.07) is 6.03. The van der Waals surface area contributed by atoms with Gasteiger partial charge in [0.05, 0.1) is 4.92 Å². The fourth-order valence-electron chi connectivity index (χ4n) is 1.54. The lowest BCUT2D eigenvalue weighted by Gasteiger charge is -2.08. The molecule has 0 fully saturated rings. The van der Waals surface area contributed by atoms with Crippen molar-refractivity contribution in [3.63, 3.8) is 0 Å². The molecule has 1 rings (SSSR count). The Bertz CT molecular complexity index is 481. The summed E-state index contributed by atoms with van der Waals surface area (Å²) in [5, 5.41) is 13.3. The monoisotopic (exact) mass is 277 g/mol. The molecular formula is C14H19N3O3. The van der Waals surface area contributed by atoms with Gasteiger partial charge in [0, 0.05) is 24.8 Å². The number of carbonyl (C=O) groups is 1. The molecule has 0 radical (unpaired) electrons. The van der Waals surface area contributed by atoms with E-state index < -0.39 is 4.92 Å². The Balaban J connectivity index is 2.39. The van der Waals surface area contributed by atoms with Gasteiger partial charge in [-0.1, -0.05) is 0 Å². The summed E-state index contributed by atoms with van der Waals surface area (Å²) < 4.78 is 0. The van der Waals surface area contributed by atoms with Crippen LogP contribution in [0.4, 0.5) is 5.69 Å². The topological polar surface area (TPSA) is 75.5 Å². The third kappa shape index (κ3) is 6.10. The number of non-ortho nitro benzene ring substituents is 1. The molecule has 20 heavy (non-hydrogen) atoms. The van der Waals surface area contributed by atoms with E-state index >= 15 is 0 Å². The number of nitro groups is 1. The summed E-state index contributed by atoms with van der Waals surface area (Å²) in [6.45, 7) is 1.55. The molecule has 0 aliphatic heterocycles. The SMILES string of the molecule is CN(C)CCCNC(=O)/C=C/c1ccc([N+](=O)[O-])cc1. The van der Waals surface area contributed by atoms with Crippen LogP contribution < -0.4 is 5.32 Å². The van der Waals surface area contributed by atoms with Crippen molar-refractivity contribution in [2.45, 2.75) is 6.42 Å². The number of rotatable bonds is 7. The van der Waals surface area contributed by atoms with E-state index in [1.54, 1.807) is 18.2 Å². The molecule has 0 aliphatic carbocycles. The third-order valence-electron chi connectivity index (χ3n) is 2.61. The number of hydrogen-bond acceptors (Lipinski definition) is 4. The molecule has 0 saturated heterocycles. The minimum absolute atomic E-state index is 0.0373. The van der Waals surface area contributed by atoms with E-state index in [1.165, 1.54) is 18.2 Å². The smallest absolute Gasteiger partial charge is 0.269 e. The molecule has 6 heteroatoms. The average molecular weight is 277 g/mol. The number of nitrogens with one attached hydrogen (secondary N) is 1. The second kappa shape index (κ2) is 8.06. The summed E-state index contributed by atoms with van der Waals surface area (Å²) in [4.78, 5) is 23.6. The van der Waals surface area contributed by atoms with Crippen molar-refractivity contribution in [2.24, 2.45) is 0 Å². The van der Waals surface area contributed by atoms with E-state index in [4.69, 9.17) is 0 Å². The van der Waals surface area contributed by atoms with Gasteiger partial charge in [-0.2, -0.15) is 0 Å². The van der Waals surface area contributed by atoms with Crippen molar-refractivity contribution in [1.29, 1.82) is 0 Å². The zero-order chi connectivity index (χ0) is 15.0. The van der Waals surface area contributed by atoms with Crippen molar-refractivity contribution in [3.8, 4) is 0 Å². The number of amides is 1. The van der Waals surface area contributed by atoms with Crippen molar-refractivity contribution in [1.82, 2.24) is 10.2 Å². The van der Waals surface area contributed by atoms with E-state index in [0.717, 1.165) is 18.5 Å². The van der Waals surface area contributed by atoms with Crippen LogP contribution in [0.5, 0.6) is 0 Å². The number of nitrogens with zero attached hydrogens (tertiary/aromatic N) is 2. The molecule has 0 saturated carbocycles. The maximum Gasteiger partial charge on any atom is 0.269 e. The minimum Gasteiger partial charge on any atom is -0.353 e. The summed E-state index contributed by atoms with van der Waals surface area (Å²) in [5.41, 5.74) is 0.786. The van der Waals surface area contributed by atoms with Crippen LogP contribution >= 0.6 is 0 Å². The standard InChI is InChI=1S/C14H19N3O3/c1-16(2)11-3-10-15-14(18)9-6-12-4-7-13(8-5-12)17(19)20/h4-9H,3,10-11H2,1-2H3,(H,15,18)/b9-6+. The van der Waals surface area contributed by atoms with Gasteiger partial charge in [0.2, 0.25) is 5.91 Å². The molecule has 0 aliphatic rings. The van der Waals surface area contributed by atoms with Crippen LogP contribution in [0.25, 0.3) is 6.08 Å². The molecule has 6 nitrogen and oxygen atoms in total. The Morgan fingerprint density at radius 2 is 2.00 bits per heavy atom. The molecule has 1 N–H and O–H groups in total. The molecule has 0 spiro atoms. The Morgan fingerprint density at radius 1 is 1.35 bits per heavy atom. The van der Waals surface area contributed by atoms with Crippen LogP contribution in [0.15, 0.2) is 30.3 Å². The predicted molar refractivity (Wildman–Crippen MR) is 78.3 cm³/mol. The first-order chi connectivity index (χ1) is 9.49. The fourth-order valence-corrected chi connectivity index (χ4v) is 1.54. The van der Waals surface area contributed by atoms with E-state index in [9.17, 15) is 14.9 Å². The van der Waals surface area contributed by atoms with Crippen molar-refractivity contribution in [2.75, 3.05) is 27.2 Å². The first kappa shape index (κ1) is 15.8. The molecule has 1 amide bonds. The molecule has 1 aromatic carbocycles. The zero-order valence-electron chi connectivity index (χ0n) is 11.7. The molecule has 0 heterocycles. The predicted octanol–water partition coefficient (Wildman–Crippen LogP) is 1.68. The quantitative estimate of drug-likeness (QED) is 0.356. The number of nitro benzene ring substituents is 1. The first-order valence-corrected chi connectivity index (χ1v) is 6.34. The van der Waals surface area contributed by atoms with E-state index in [1.807, 2.05) is 14.1 Å². The number of benzene rings is 1. The van der Waals surface area contributed by atoms with Gasteiger partial charge < -0.3 is 10.2 Å². The summed E-state index contributed by atoms with van der Waals surface area (Å²) >= 11 is 0. The fraction of sp³-hybridized carbons (Fsp3) is 0.357. The largest absolute Gasteiger partial charge is 0.353 e. The Morgan fingerprint density at radius 3 is 2.55 bits per heavy atom. The Hall–Kier alpha value is -2.21. The highest BCUT2D eigenvalue weighted by atomic mass is 16.6.